The summed E-state index contributed by atoms with van der Waals surface area (Å²) >= 11 is 3.18. The van der Waals surface area contributed by atoms with Crippen LogP contribution in [0.1, 0.15) is 0 Å². The lowest BCUT2D eigenvalue weighted by molar-refractivity contribution is -0.0227. The van der Waals surface area contributed by atoms with Crippen molar-refractivity contribution in [3.05, 3.63) is 0 Å². The van der Waals surface area contributed by atoms with Crippen LogP contribution in [-0.2, 0) is 4.74 Å². The van der Waals surface area contributed by atoms with Gasteiger partial charge in [-0.1, -0.05) is 35.6 Å². The fourth-order valence-corrected chi connectivity index (χ4v) is 3.34. The van der Waals surface area contributed by atoms with Crippen LogP contribution < -0.4 is 0 Å². The van der Waals surface area contributed by atoms with Crippen LogP contribution in [0.2, 0.25) is 25.7 Å². The Labute approximate surface area is 112 Å². The monoisotopic (exact) mass is 326 g/mol. The Hall–Kier alpha value is 0.537. The Morgan fingerprint density at radius 3 is 2.06 bits per heavy atom. The summed E-state index contributed by atoms with van der Waals surface area (Å²) in [6.45, 7) is 7.77. The zero-order chi connectivity index (χ0) is 13.2. The normalized spacial score (nSPS) is 38.6. The SMILES string of the molecule is C[Si](C)(C)CCOC[C@H]1[C@H](O)[C@H](Br)[C@@H](O)[C@@H]1O. The van der Waals surface area contributed by atoms with E-state index in [0.29, 0.717) is 13.2 Å². The summed E-state index contributed by atoms with van der Waals surface area (Å²) in [5.41, 5.74) is 0. The van der Waals surface area contributed by atoms with E-state index in [-0.39, 0.29) is 0 Å². The average Bonchev–Trinajstić information content (AvgIpc) is 2.39. The first kappa shape index (κ1) is 15.6. The van der Waals surface area contributed by atoms with Gasteiger partial charge >= 0.3 is 0 Å². The third kappa shape index (κ3) is 4.29. The first-order valence-corrected chi connectivity index (χ1v) is 10.6. The highest BCUT2D eigenvalue weighted by molar-refractivity contribution is 9.09. The van der Waals surface area contributed by atoms with Gasteiger partial charge in [-0.05, 0) is 6.04 Å². The Bertz CT molecular complexity index is 232. The molecule has 0 aromatic rings. The molecule has 0 radical (unpaired) electrons. The van der Waals surface area contributed by atoms with Gasteiger partial charge in [0.25, 0.3) is 0 Å². The van der Waals surface area contributed by atoms with Gasteiger partial charge in [0.2, 0.25) is 0 Å². The molecule has 1 saturated carbocycles. The van der Waals surface area contributed by atoms with E-state index in [4.69, 9.17) is 4.74 Å². The van der Waals surface area contributed by atoms with Crippen molar-refractivity contribution < 1.29 is 20.1 Å². The molecular weight excluding hydrogens is 304 g/mol. The first-order valence-electron chi connectivity index (χ1n) is 6.00. The lowest BCUT2D eigenvalue weighted by atomic mass is 10.1. The maximum absolute atomic E-state index is 9.82. The molecule has 0 aromatic heterocycles. The van der Waals surface area contributed by atoms with Crippen LogP contribution in [0.4, 0.5) is 0 Å². The van der Waals surface area contributed by atoms with Crippen molar-refractivity contribution in [2.75, 3.05) is 13.2 Å². The van der Waals surface area contributed by atoms with Crippen LogP contribution in [0.5, 0.6) is 0 Å². The van der Waals surface area contributed by atoms with E-state index in [9.17, 15) is 15.3 Å². The number of aliphatic hydroxyl groups is 3. The molecule has 17 heavy (non-hydrogen) atoms. The number of hydrogen-bond acceptors (Lipinski definition) is 4. The molecule has 0 bridgehead atoms. The van der Waals surface area contributed by atoms with E-state index in [2.05, 4.69) is 35.6 Å². The molecule has 0 spiro atoms. The maximum Gasteiger partial charge on any atom is 0.0953 e. The van der Waals surface area contributed by atoms with Crippen molar-refractivity contribution in [2.24, 2.45) is 5.92 Å². The van der Waals surface area contributed by atoms with Crippen molar-refractivity contribution in [1.29, 1.82) is 0 Å². The van der Waals surface area contributed by atoms with Crippen LogP contribution in [-0.4, -0.2) is 59.7 Å². The van der Waals surface area contributed by atoms with Crippen molar-refractivity contribution in [1.82, 2.24) is 0 Å². The molecule has 6 heteroatoms. The number of ether oxygens (including phenoxy) is 1. The molecule has 1 aliphatic carbocycles. The number of halogens is 1. The first-order chi connectivity index (χ1) is 7.74. The zero-order valence-corrected chi connectivity index (χ0v) is 13.2. The standard InChI is InChI=1S/C11H23BrO4Si/c1-17(2,3)5-4-16-6-7-9(13)8(12)11(15)10(7)14/h7-11,13-15H,4-6H2,1-3H3/t7-,8-,9-,10+,11+/m0/s1. The second kappa shape index (κ2) is 6.12. The van der Waals surface area contributed by atoms with E-state index in [0.717, 1.165) is 6.04 Å². The lowest BCUT2D eigenvalue weighted by Crippen LogP contribution is -2.32. The van der Waals surface area contributed by atoms with Gasteiger partial charge < -0.3 is 20.1 Å². The summed E-state index contributed by atoms with van der Waals surface area (Å²) in [6.07, 6.45) is -2.59. The highest BCUT2D eigenvalue weighted by Crippen LogP contribution is 2.32. The number of alkyl halides is 1. The highest BCUT2D eigenvalue weighted by Gasteiger charge is 2.47. The van der Waals surface area contributed by atoms with E-state index < -0.39 is 37.1 Å². The van der Waals surface area contributed by atoms with Crippen LogP contribution >= 0.6 is 15.9 Å². The van der Waals surface area contributed by atoms with E-state index in [1.807, 2.05) is 0 Å². The number of hydrogen-bond donors (Lipinski definition) is 3. The molecule has 0 aromatic carbocycles. The molecule has 1 rings (SSSR count). The average molecular weight is 327 g/mol. The second-order valence-corrected chi connectivity index (χ2v) is 12.6. The van der Waals surface area contributed by atoms with E-state index >= 15 is 0 Å². The van der Waals surface area contributed by atoms with Gasteiger partial charge in [0.05, 0.1) is 29.7 Å². The van der Waals surface area contributed by atoms with E-state index in [1.165, 1.54) is 0 Å². The molecule has 0 amide bonds. The summed E-state index contributed by atoms with van der Waals surface area (Å²) in [5, 5.41) is 29.2. The topological polar surface area (TPSA) is 69.9 Å². The maximum atomic E-state index is 9.82. The zero-order valence-electron chi connectivity index (χ0n) is 10.6. The quantitative estimate of drug-likeness (QED) is 0.397. The van der Waals surface area contributed by atoms with Crippen molar-refractivity contribution >= 4 is 24.0 Å². The Morgan fingerprint density at radius 2 is 1.65 bits per heavy atom. The van der Waals surface area contributed by atoms with Crippen LogP contribution in [0.15, 0.2) is 0 Å². The molecule has 0 heterocycles. The summed E-state index contributed by atoms with van der Waals surface area (Å²) < 4.78 is 5.51. The van der Waals surface area contributed by atoms with Crippen molar-refractivity contribution in [3.63, 3.8) is 0 Å². The Balaban J connectivity index is 2.32. The van der Waals surface area contributed by atoms with Crippen LogP contribution in [0, 0.1) is 5.92 Å². The van der Waals surface area contributed by atoms with Gasteiger partial charge in [-0.2, -0.15) is 0 Å². The van der Waals surface area contributed by atoms with Gasteiger partial charge in [0, 0.05) is 20.6 Å². The minimum Gasteiger partial charge on any atom is -0.391 e. The van der Waals surface area contributed by atoms with Gasteiger partial charge in [-0.15, -0.1) is 0 Å². The van der Waals surface area contributed by atoms with Gasteiger partial charge in [0.1, 0.15) is 0 Å². The molecular formula is C11H23BrO4Si. The molecule has 1 aliphatic rings. The largest absolute Gasteiger partial charge is 0.391 e. The molecule has 0 saturated heterocycles. The summed E-state index contributed by atoms with van der Waals surface area (Å²) in [4.78, 5) is -0.469. The Morgan fingerprint density at radius 1 is 1.06 bits per heavy atom. The Kier molecular flexibility index (Phi) is 5.62. The number of rotatable bonds is 5. The minimum atomic E-state index is -1.10. The fraction of sp³-hybridized carbons (Fsp3) is 1.00. The summed E-state index contributed by atoms with van der Waals surface area (Å²) in [5.74, 6) is -0.406. The lowest BCUT2D eigenvalue weighted by Gasteiger charge is -2.20. The van der Waals surface area contributed by atoms with E-state index in [1.54, 1.807) is 0 Å². The molecule has 1 fully saturated rings. The molecule has 4 nitrogen and oxygen atoms in total. The molecule has 102 valence electrons. The summed E-state index contributed by atoms with van der Waals surface area (Å²) in [6, 6.07) is 1.06. The predicted octanol–water partition coefficient (Wildman–Crippen LogP) is 0.817. The van der Waals surface area contributed by atoms with Crippen molar-refractivity contribution in [2.45, 2.75) is 48.8 Å². The predicted molar refractivity (Wildman–Crippen MR) is 73.2 cm³/mol. The van der Waals surface area contributed by atoms with Gasteiger partial charge in [-0.3, -0.25) is 0 Å². The second-order valence-electron chi connectivity index (χ2n) is 5.97. The van der Waals surface area contributed by atoms with Crippen LogP contribution in [0.25, 0.3) is 0 Å². The number of aliphatic hydroxyl groups excluding tert-OH is 3. The molecule has 3 N–H and O–H groups in total. The van der Waals surface area contributed by atoms with Crippen LogP contribution in [0.3, 0.4) is 0 Å². The molecule has 5 atom stereocenters. The molecule has 0 unspecified atom stereocenters. The third-order valence-corrected chi connectivity index (χ3v) is 5.97. The highest BCUT2D eigenvalue weighted by atomic mass is 79.9. The van der Waals surface area contributed by atoms with Crippen molar-refractivity contribution in [3.8, 4) is 0 Å². The van der Waals surface area contributed by atoms with Gasteiger partial charge in [0.15, 0.2) is 0 Å². The minimum absolute atomic E-state index is 0.298. The molecule has 0 aliphatic heterocycles. The fourth-order valence-electron chi connectivity index (χ4n) is 1.88. The third-order valence-electron chi connectivity index (χ3n) is 3.19. The summed E-state index contributed by atoms with van der Waals surface area (Å²) in [7, 11) is -1.10. The van der Waals surface area contributed by atoms with Gasteiger partial charge in [-0.25, -0.2) is 0 Å². The smallest absolute Gasteiger partial charge is 0.0953 e.